The number of hydrogen-bond acceptors (Lipinski definition) is 4. The average molecular weight is 283 g/mol. The lowest BCUT2D eigenvalue weighted by Gasteiger charge is -2.25. The first-order valence-electron chi connectivity index (χ1n) is 6.65. The molecule has 1 fully saturated rings. The Morgan fingerprint density at radius 3 is 2.79 bits per heavy atom. The molecular weight excluding hydrogens is 262 g/mol. The van der Waals surface area contributed by atoms with Crippen LogP contribution < -0.4 is 5.32 Å². The Balaban J connectivity index is 1.83. The van der Waals surface area contributed by atoms with Gasteiger partial charge in [-0.1, -0.05) is 12.8 Å². The van der Waals surface area contributed by atoms with Gasteiger partial charge < -0.3 is 15.5 Å². The highest BCUT2D eigenvalue weighted by Gasteiger charge is 2.34. The lowest BCUT2D eigenvalue weighted by molar-refractivity contribution is -0.127. The first-order chi connectivity index (χ1) is 8.91. The highest BCUT2D eigenvalue weighted by molar-refractivity contribution is 7.08. The molecule has 1 aliphatic carbocycles. The molecule has 1 unspecified atom stereocenters. The van der Waals surface area contributed by atoms with Gasteiger partial charge in [-0.15, -0.1) is 0 Å². The second-order valence-corrected chi connectivity index (χ2v) is 6.45. The Hall–Kier alpha value is -0.910. The van der Waals surface area contributed by atoms with E-state index in [4.69, 9.17) is 0 Å². The summed E-state index contributed by atoms with van der Waals surface area (Å²) in [5.41, 5.74) is -1.09. The minimum absolute atomic E-state index is 0.132. The van der Waals surface area contributed by atoms with E-state index < -0.39 is 11.2 Å². The van der Waals surface area contributed by atoms with Crippen LogP contribution in [-0.2, 0) is 10.4 Å². The minimum atomic E-state index is -1.06. The second-order valence-electron chi connectivity index (χ2n) is 5.67. The number of nitrogens with one attached hydrogen (secondary N) is 1. The molecule has 4 nitrogen and oxygen atoms in total. The van der Waals surface area contributed by atoms with Gasteiger partial charge in [0.15, 0.2) is 0 Å². The Bertz CT molecular complexity index is 422. The van der Waals surface area contributed by atoms with Crippen LogP contribution in [0.15, 0.2) is 16.8 Å². The van der Waals surface area contributed by atoms with E-state index in [2.05, 4.69) is 5.32 Å². The van der Waals surface area contributed by atoms with E-state index in [1.54, 1.807) is 6.92 Å². The summed E-state index contributed by atoms with van der Waals surface area (Å²) in [5, 5.41) is 26.9. The fourth-order valence-electron chi connectivity index (χ4n) is 2.51. The minimum Gasteiger partial charge on any atom is -0.389 e. The van der Waals surface area contributed by atoms with Gasteiger partial charge in [-0.2, -0.15) is 11.3 Å². The van der Waals surface area contributed by atoms with Gasteiger partial charge in [0.1, 0.15) is 5.60 Å². The number of thiophene rings is 1. The Morgan fingerprint density at radius 1 is 1.53 bits per heavy atom. The maximum Gasteiger partial charge on any atom is 0.223 e. The lowest BCUT2D eigenvalue weighted by Crippen LogP contribution is -2.41. The van der Waals surface area contributed by atoms with E-state index in [1.807, 2.05) is 16.8 Å². The van der Waals surface area contributed by atoms with Crippen molar-refractivity contribution in [1.29, 1.82) is 0 Å². The van der Waals surface area contributed by atoms with Crippen molar-refractivity contribution in [2.45, 2.75) is 50.2 Å². The zero-order valence-corrected chi connectivity index (χ0v) is 12.0. The maximum absolute atomic E-state index is 11.8. The van der Waals surface area contributed by atoms with Crippen molar-refractivity contribution in [3.05, 3.63) is 22.4 Å². The molecule has 1 heterocycles. The summed E-state index contributed by atoms with van der Waals surface area (Å²) in [6.45, 7) is 1.85. The van der Waals surface area contributed by atoms with E-state index >= 15 is 0 Å². The molecule has 106 valence electrons. The highest BCUT2D eigenvalue weighted by Crippen LogP contribution is 2.32. The molecule has 1 aliphatic rings. The molecule has 1 aromatic rings. The standard InChI is InChI=1S/C14H21NO3S/c1-13(17,11-4-7-19-9-11)10-15-12(16)8-14(18)5-2-3-6-14/h4,7,9,17-18H,2-3,5-6,8,10H2,1H3,(H,15,16). The SMILES string of the molecule is CC(O)(CNC(=O)CC1(O)CCCC1)c1ccsc1. The van der Waals surface area contributed by atoms with Crippen LogP contribution in [0.4, 0.5) is 0 Å². The molecular formula is C14H21NO3S. The molecule has 0 spiro atoms. The van der Waals surface area contributed by atoms with E-state index in [9.17, 15) is 15.0 Å². The van der Waals surface area contributed by atoms with Gasteiger partial charge >= 0.3 is 0 Å². The molecule has 5 heteroatoms. The molecule has 1 saturated carbocycles. The number of aliphatic hydroxyl groups is 2. The summed E-state index contributed by atoms with van der Waals surface area (Å²) in [4.78, 5) is 11.8. The predicted octanol–water partition coefficient (Wildman–Crippen LogP) is 1.77. The molecule has 0 radical (unpaired) electrons. The van der Waals surface area contributed by atoms with Crippen molar-refractivity contribution in [3.8, 4) is 0 Å². The monoisotopic (exact) mass is 283 g/mol. The van der Waals surface area contributed by atoms with Crippen LogP contribution >= 0.6 is 11.3 Å². The summed E-state index contributed by atoms with van der Waals surface area (Å²) >= 11 is 1.51. The highest BCUT2D eigenvalue weighted by atomic mass is 32.1. The van der Waals surface area contributed by atoms with E-state index in [-0.39, 0.29) is 18.9 Å². The molecule has 0 aromatic carbocycles. The van der Waals surface area contributed by atoms with Crippen LogP contribution in [0.25, 0.3) is 0 Å². The third kappa shape index (κ3) is 3.78. The van der Waals surface area contributed by atoms with Gasteiger partial charge in [0.25, 0.3) is 0 Å². The maximum atomic E-state index is 11.8. The van der Waals surface area contributed by atoms with Crippen LogP contribution in [0.1, 0.15) is 44.6 Å². The third-order valence-electron chi connectivity index (χ3n) is 3.80. The van der Waals surface area contributed by atoms with Crippen LogP contribution in [0.5, 0.6) is 0 Å². The van der Waals surface area contributed by atoms with E-state index in [0.29, 0.717) is 12.8 Å². The molecule has 3 N–H and O–H groups in total. The summed E-state index contributed by atoms with van der Waals surface area (Å²) in [7, 11) is 0. The van der Waals surface area contributed by atoms with Gasteiger partial charge in [0.05, 0.1) is 18.6 Å². The van der Waals surface area contributed by atoms with Crippen LogP contribution in [0.3, 0.4) is 0 Å². The van der Waals surface area contributed by atoms with Gasteiger partial charge in [-0.05, 0) is 42.2 Å². The first-order valence-corrected chi connectivity index (χ1v) is 7.60. The molecule has 1 amide bonds. The number of rotatable bonds is 5. The molecule has 1 atom stereocenters. The Morgan fingerprint density at radius 2 is 2.21 bits per heavy atom. The van der Waals surface area contributed by atoms with Crippen LogP contribution in [-0.4, -0.2) is 28.3 Å². The third-order valence-corrected chi connectivity index (χ3v) is 4.48. The van der Waals surface area contributed by atoms with Crippen LogP contribution in [0, 0.1) is 0 Å². The quantitative estimate of drug-likeness (QED) is 0.771. The molecule has 0 saturated heterocycles. The molecule has 19 heavy (non-hydrogen) atoms. The second kappa shape index (κ2) is 5.61. The van der Waals surface area contributed by atoms with Gasteiger partial charge in [-0.25, -0.2) is 0 Å². The smallest absolute Gasteiger partial charge is 0.223 e. The largest absolute Gasteiger partial charge is 0.389 e. The van der Waals surface area contributed by atoms with Crippen molar-refractivity contribution >= 4 is 17.2 Å². The Labute approximate surface area is 117 Å². The van der Waals surface area contributed by atoms with Gasteiger partial charge in [0.2, 0.25) is 5.91 Å². The number of hydrogen-bond donors (Lipinski definition) is 3. The van der Waals surface area contributed by atoms with Crippen molar-refractivity contribution in [2.75, 3.05) is 6.54 Å². The fraction of sp³-hybridized carbons (Fsp3) is 0.643. The molecule has 1 aromatic heterocycles. The van der Waals surface area contributed by atoms with Crippen molar-refractivity contribution < 1.29 is 15.0 Å². The predicted molar refractivity (Wildman–Crippen MR) is 74.9 cm³/mol. The Kier molecular flexibility index (Phi) is 4.28. The molecule has 2 rings (SSSR count). The van der Waals surface area contributed by atoms with Gasteiger partial charge in [0, 0.05) is 0 Å². The van der Waals surface area contributed by atoms with Crippen molar-refractivity contribution in [3.63, 3.8) is 0 Å². The van der Waals surface area contributed by atoms with Crippen molar-refractivity contribution in [1.82, 2.24) is 5.32 Å². The number of carbonyl (C=O) groups excluding carboxylic acids is 1. The summed E-state index contributed by atoms with van der Waals surface area (Å²) in [6, 6.07) is 1.85. The number of amides is 1. The zero-order chi connectivity index (χ0) is 13.9. The fourth-order valence-corrected chi connectivity index (χ4v) is 3.30. The topological polar surface area (TPSA) is 69.6 Å². The molecule has 0 aliphatic heterocycles. The molecule has 0 bridgehead atoms. The summed E-state index contributed by atoms with van der Waals surface area (Å²) in [5.74, 6) is -0.195. The zero-order valence-electron chi connectivity index (χ0n) is 11.2. The van der Waals surface area contributed by atoms with E-state index in [0.717, 1.165) is 18.4 Å². The van der Waals surface area contributed by atoms with E-state index in [1.165, 1.54) is 11.3 Å². The summed E-state index contributed by atoms with van der Waals surface area (Å²) in [6.07, 6.45) is 3.49. The lowest BCUT2D eigenvalue weighted by atomic mass is 9.96. The van der Waals surface area contributed by atoms with Crippen molar-refractivity contribution in [2.24, 2.45) is 0 Å². The normalized spacial score (nSPS) is 21.0. The summed E-state index contributed by atoms with van der Waals surface area (Å²) < 4.78 is 0. The van der Waals surface area contributed by atoms with Crippen LogP contribution in [0.2, 0.25) is 0 Å². The van der Waals surface area contributed by atoms with Gasteiger partial charge in [-0.3, -0.25) is 4.79 Å². The number of carbonyl (C=O) groups is 1. The first kappa shape index (κ1) is 14.5. The average Bonchev–Trinajstić information content (AvgIpc) is 2.98.